The Morgan fingerprint density at radius 1 is 0.652 bits per heavy atom. The molecule has 1 aliphatic heterocycles. The average Bonchev–Trinajstić information content (AvgIpc) is 3.02. The highest BCUT2D eigenvalue weighted by Crippen LogP contribution is 2.32. The van der Waals surface area contributed by atoms with Crippen molar-refractivity contribution in [1.82, 2.24) is 0 Å². The second-order valence-corrected chi connectivity index (χ2v) is 7.83. The van der Waals surface area contributed by atoms with Crippen molar-refractivity contribution in [3.63, 3.8) is 0 Å². The fraction of sp³-hybridized carbons (Fsp3) is 1.00. The maximum Gasteiger partial charge on any atom is 0.168 e. The van der Waals surface area contributed by atoms with Crippen molar-refractivity contribution in [3.05, 3.63) is 0 Å². The maximum atomic E-state index is 6.00. The molecule has 0 aliphatic carbocycles. The molecule has 1 saturated heterocycles. The lowest BCUT2D eigenvalue weighted by atomic mass is 9.99. The van der Waals surface area contributed by atoms with Gasteiger partial charge in [0.25, 0.3) is 0 Å². The highest BCUT2D eigenvalue weighted by Gasteiger charge is 2.34. The first-order valence-corrected chi connectivity index (χ1v) is 11.3. The summed E-state index contributed by atoms with van der Waals surface area (Å²) in [4.78, 5) is 0. The number of halogens is 1. The van der Waals surface area contributed by atoms with Crippen molar-refractivity contribution in [1.29, 1.82) is 0 Å². The lowest BCUT2D eigenvalue weighted by Crippen LogP contribution is -2.30. The number of ether oxygens (including phenoxy) is 2. The molecule has 2 nitrogen and oxygen atoms in total. The minimum Gasteiger partial charge on any atom is -0.348 e. The van der Waals surface area contributed by atoms with Crippen LogP contribution in [-0.4, -0.2) is 24.3 Å². The van der Waals surface area contributed by atoms with E-state index in [2.05, 4.69) is 22.9 Å². The van der Waals surface area contributed by atoms with Crippen LogP contribution in [0.25, 0.3) is 0 Å². The Balaban J connectivity index is 2.04. The molecule has 3 heteroatoms. The summed E-state index contributed by atoms with van der Waals surface area (Å²) in [5, 5.41) is 1.14. The molecule has 0 spiro atoms. The molecule has 0 aromatic heterocycles. The second-order valence-electron chi connectivity index (χ2n) is 7.04. The van der Waals surface area contributed by atoms with E-state index in [1.54, 1.807) is 0 Å². The van der Waals surface area contributed by atoms with Gasteiger partial charge in [0.2, 0.25) is 0 Å². The average molecular weight is 391 g/mol. The summed E-state index contributed by atoms with van der Waals surface area (Å²) in [6.07, 6.45) is 19.7. The highest BCUT2D eigenvalue weighted by atomic mass is 79.9. The fourth-order valence-corrected chi connectivity index (χ4v) is 3.85. The van der Waals surface area contributed by atoms with Gasteiger partial charge in [0, 0.05) is 18.2 Å². The zero-order valence-corrected chi connectivity index (χ0v) is 17.0. The van der Waals surface area contributed by atoms with E-state index in [0.29, 0.717) is 0 Å². The van der Waals surface area contributed by atoms with E-state index in [-0.39, 0.29) is 5.79 Å². The van der Waals surface area contributed by atoms with Gasteiger partial charge in [-0.15, -0.1) is 0 Å². The van der Waals surface area contributed by atoms with Gasteiger partial charge in [-0.25, -0.2) is 0 Å². The smallest absolute Gasteiger partial charge is 0.168 e. The molecule has 1 fully saturated rings. The lowest BCUT2D eigenvalue weighted by molar-refractivity contribution is -0.168. The summed E-state index contributed by atoms with van der Waals surface area (Å²) in [6, 6.07) is 0. The van der Waals surface area contributed by atoms with E-state index in [4.69, 9.17) is 9.47 Å². The van der Waals surface area contributed by atoms with Gasteiger partial charge in [-0.1, -0.05) is 87.1 Å². The van der Waals surface area contributed by atoms with Crippen LogP contribution < -0.4 is 0 Å². The van der Waals surface area contributed by atoms with Gasteiger partial charge in [0.15, 0.2) is 5.79 Å². The Bertz CT molecular complexity index is 252. The van der Waals surface area contributed by atoms with E-state index >= 15 is 0 Å². The Hall–Kier alpha value is 0.400. The third-order valence-electron chi connectivity index (χ3n) is 4.92. The van der Waals surface area contributed by atoms with Gasteiger partial charge in [0.1, 0.15) is 0 Å². The molecule has 0 saturated carbocycles. The van der Waals surface area contributed by atoms with Crippen molar-refractivity contribution in [3.8, 4) is 0 Å². The van der Waals surface area contributed by atoms with Crippen molar-refractivity contribution in [2.75, 3.05) is 18.5 Å². The molecule has 0 atom stereocenters. The van der Waals surface area contributed by atoms with Crippen LogP contribution in [0.1, 0.15) is 103 Å². The molecular weight excluding hydrogens is 352 g/mol. The van der Waals surface area contributed by atoms with Crippen LogP contribution in [0.2, 0.25) is 0 Å². The van der Waals surface area contributed by atoms with E-state index in [1.165, 1.54) is 83.5 Å². The molecule has 0 amide bonds. The summed E-state index contributed by atoms with van der Waals surface area (Å²) in [6.45, 7) is 3.87. The number of unbranched alkanes of at least 4 members (excludes halogenated alkanes) is 11. The monoisotopic (exact) mass is 390 g/mol. The summed E-state index contributed by atoms with van der Waals surface area (Å²) in [5.74, 6) is -0.225. The highest BCUT2D eigenvalue weighted by molar-refractivity contribution is 9.09. The van der Waals surface area contributed by atoms with E-state index in [1.807, 2.05) is 0 Å². The zero-order chi connectivity index (χ0) is 16.6. The van der Waals surface area contributed by atoms with Crippen molar-refractivity contribution in [2.45, 2.75) is 109 Å². The molecule has 0 unspecified atom stereocenters. The third-order valence-corrected chi connectivity index (χ3v) is 5.48. The van der Waals surface area contributed by atoms with Gasteiger partial charge in [0.05, 0.1) is 13.2 Å². The first kappa shape index (κ1) is 21.4. The molecule has 0 aromatic carbocycles. The van der Waals surface area contributed by atoms with Gasteiger partial charge < -0.3 is 9.47 Å². The van der Waals surface area contributed by atoms with Crippen LogP contribution in [-0.2, 0) is 9.47 Å². The van der Waals surface area contributed by atoms with Crippen LogP contribution in [0, 0.1) is 0 Å². The molecule has 0 N–H and O–H groups in total. The van der Waals surface area contributed by atoms with Crippen LogP contribution in [0.15, 0.2) is 0 Å². The minimum atomic E-state index is -0.225. The minimum absolute atomic E-state index is 0.225. The number of hydrogen-bond acceptors (Lipinski definition) is 2. The third kappa shape index (κ3) is 10.8. The topological polar surface area (TPSA) is 18.5 Å². The van der Waals surface area contributed by atoms with Crippen LogP contribution in [0.4, 0.5) is 0 Å². The first-order chi connectivity index (χ1) is 11.3. The Kier molecular flexibility index (Phi) is 13.7. The van der Waals surface area contributed by atoms with E-state index in [0.717, 1.165) is 31.4 Å². The molecule has 1 rings (SSSR count). The van der Waals surface area contributed by atoms with Gasteiger partial charge in [-0.2, -0.15) is 0 Å². The van der Waals surface area contributed by atoms with Crippen LogP contribution in [0.5, 0.6) is 0 Å². The number of hydrogen-bond donors (Lipinski definition) is 0. The molecule has 0 radical (unpaired) electrons. The molecule has 0 aromatic rings. The molecule has 23 heavy (non-hydrogen) atoms. The molecule has 1 heterocycles. The van der Waals surface area contributed by atoms with Crippen molar-refractivity contribution >= 4 is 15.9 Å². The maximum absolute atomic E-state index is 6.00. The lowest BCUT2D eigenvalue weighted by Gasteiger charge is -2.27. The quantitative estimate of drug-likeness (QED) is 0.208. The first-order valence-electron chi connectivity index (χ1n) is 10.2. The van der Waals surface area contributed by atoms with E-state index < -0.39 is 0 Å². The van der Waals surface area contributed by atoms with E-state index in [9.17, 15) is 0 Å². The van der Waals surface area contributed by atoms with Crippen molar-refractivity contribution in [2.24, 2.45) is 0 Å². The SMILES string of the molecule is CCCCCCCCCCC1(CCCCCCCBr)OCCO1. The molecular formula is C20H39BrO2. The second kappa shape index (κ2) is 14.7. The Labute approximate surface area is 153 Å². The van der Waals surface area contributed by atoms with Crippen molar-refractivity contribution < 1.29 is 9.47 Å². The molecule has 138 valence electrons. The largest absolute Gasteiger partial charge is 0.348 e. The molecule has 0 bridgehead atoms. The molecule has 1 aliphatic rings. The zero-order valence-electron chi connectivity index (χ0n) is 15.4. The predicted octanol–water partition coefficient (Wildman–Crippen LogP) is 7.00. The predicted molar refractivity (Wildman–Crippen MR) is 103 cm³/mol. The Morgan fingerprint density at radius 2 is 1.09 bits per heavy atom. The van der Waals surface area contributed by atoms with Gasteiger partial charge in [-0.05, 0) is 19.3 Å². The van der Waals surface area contributed by atoms with Crippen LogP contribution in [0.3, 0.4) is 0 Å². The standard InChI is InChI=1S/C20H39BrO2/c1-2-3-4-5-6-7-9-12-15-20(22-18-19-23-20)16-13-10-8-11-14-17-21/h2-19H2,1H3. The summed E-state index contributed by atoms with van der Waals surface area (Å²) in [7, 11) is 0. The van der Waals surface area contributed by atoms with Gasteiger partial charge >= 0.3 is 0 Å². The summed E-state index contributed by atoms with van der Waals surface area (Å²) >= 11 is 3.50. The number of alkyl halides is 1. The fourth-order valence-electron chi connectivity index (χ4n) is 3.46. The Morgan fingerprint density at radius 3 is 1.57 bits per heavy atom. The summed E-state index contributed by atoms with van der Waals surface area (Å²) < 4.78 is 12.0. The normalized spacial score (nSPS) is 17.0. The van der Waals surface area contributed by atoms with Gasteiger partial charge in [-0.3, -0.25) is 0 Å². The van der Waals surface area contributed by atoms with Crippen LogP contribution >= 0.6 is 15.9 Å². The summed E-state index contributed by atoms with van der Waals surface area (Å²) in [5.41, 5.74) is 0. The number of rotatable bonds is 16.